The minimum atomic E-state index is -0.235. The van der Waals surface area contributed by atoms with Crippen molar-refractivity contribution in [1.82, 2.24) is 0 Å². The Balaban J connectivity index is 1.71. The molecule has 1 aliphatic heterocycles. The lowest BCUT2D eigenvalue weighted by Gasteiger charge is -2.17. The highest BCUT2D eigenvalue weighted by molar-refractivity contribution is 8.00. The van der Waals surface area contributed by atoms with E-state index in [0.717, 1.165) is 18.1 Å². The van der Waals surface area contributed by atoms with Gasteiger partial charge in [0.1, 0.15) is 5.78 Å². The average Bonchev–Trinajstić information content (AvgIpc) is 2.79. The standard InChI is InChI=1S/C12H20O2S/c13-11(5-9-3-1-2-4-9)6-10-7-15-8-12(10)14/h9-11,13H,1-8H2. The number of aliphatic hydroxyl groups is 1. The fourth-order valence-electron chi connectivity index (χ4n) is 2.77. The van der Waals surface area contributed by atoms with Gasteiger partial charge in [-0.2, -0.15) is 11.8 Å². The molecule has 0 aromatic heterocycles. The lowest BCUT2D eigenvalue weighted by molar-refractivity contribution is -0.120. The van der Waals surface area contributed by atoms with Gasteiger partial charge in [-0.1, -0.05) is 25.7 Å². The predicted octanol–water partition coefficient (Wildman–Crippen LogP) is 2.25. The first-order valence-electron chi connectivity index (χ1n) is 6.04. The zero-order chi connectivity index (χ0) is 10.7. The second-order valence-electron chi connectivity index (χ2n) is 4.95. The van der Waals surface area contributed by atoms with E-state index in [1.165, 1.54) is 25.7 Å². The highest BCUT2D eigenvalue weighted by Crippen LogP contribution is 2.31. The van der Waals surface area contributed by atoms with Gasteiger partial charge in [0.05, 0.1) is 11.9 Å². The molecule has 2 fully saturated rings. The Bertz CT molecular complexity index is 224. The molecule has 15 heavy (non-hydrogen) atoms. The fourth-order valence-corrected chi connectivity index (χ4v) is 3.93. The zero-order valence-corrected chi connectivity index (χ0v) is 9.97. The molecule has 0 aromatic rings. The molecule has 0 amide bonds. The Morgan fingerprint density at radius 1 is 1.33 bits per heavy atom. The van der Waals surface area contributed by atoms with Gasteiger partial charge in [-0.05, 0) is 18.8 Å². The van der Waals surface area contributed by atoms with Gasteiger partial charge in [-0.15, -0.1) is 0 Å². The fraction of sp³-hybridized carbons (Fsp3) is 0.917. The van der Waals surface area contributed by atoms with Crippen molar-refractivity contribution in [2.45, 2.75) is 44.6 Å². The maximum absolute atomic E-state index is 11.4. The smallest absolute Gasteiger partial charge is 0.146 e. The van der Waals surface area contributed by atoms with Crippen LogP contribution in [0.15, 0.2) is 0 Å². The van der Waals surface area contributed by atoms with Gasteiger partial charge in [0, 0.05) is 11.7 Å². The summed E-state index contributed by atoms with van der Waals surface area (Å²) >= 11 is 1.71. The summed E-state index contributed by atoms with van der Waals surface area (Å²) in [6.45, 7) is 0. The van der Waals surface area contributed by atoms with E-state index in [2.05, 4.69) is 0 Å². The number of hydrogen-bond donors (Lipinski definition) is 1. The Kier molecular flexibility index (Phi) is 4.09. The molecule has 2 nitrogen and oxygen atoms in total. The molecule has 1 N–H and O–H groups in total. The molecular formula is C12H20O2S. The van der Waals surface area contributed by atoms with Crippen molar-refractivity contribution in [2.24, 2.45) is 11.8 Å². The predicted molar refractivity (Wildman–Crippen MR) is 63.0 cm³/mol. The zero-order valence-electron chi connectivity index (χ0n) is 9.15. The van der Waals surface area contributed by atoms with Crippen LogP contribution in [0.4, 0.5) is 0 Å². The van der Waals surface area contributed by atoms with Gasteiger partial charge in [-0.3, -0.25) is 4.79 Å². The molecule has 1 saturated carbocycles. The molecule has 2 aliphatic rings. The van der Waals surface area contributed by atoms with E-state index in [1.54, 1.807) is 11.8 Å². The number of rotatable bonds is 4. The Morgan fingerprint density at radius 2 is 2.07 bits per heavy atom. The SMILES string of the molecule is O=C1CSCC1CC(O)CC1CCCC1. The van der Waals surface area contributed by atoms with Crippen LogP contribution in [0.25, 0.3) is 0 Å². The van der Waals surface area contributed by atoms with Gasteiger partial charge in [0.2, 0.25) is 0 Å². The second-order valence-corrected chi connectivity index (χ2v) is 5.98. The van der Waals surface area contributed by atoms with Crippen LogP contribution in [0.2, 0.25) is 0 Å². The Labute approximate surface area is 95.8 Å². The summed E-state index contributed by atoms with van der Waals surface area (Å²) in [5, 5.41) is 9.93. The second kappa shape index (κ2) is 5.35. The number of Topliss-reactive ketones (excluding diaryl/α,β-unsaturated/α-hetero) is 1. The number of carbonyl (C=O) groups is 1. The Hall–Kier alpha value is -0.0200. The van der Waals surface area contributed by atoms with Crippen LogP contribution in [0.1, 0.15) is 38.5 Å². The molecule has 2 rings (SSSR count). The van der Waals surface area contributed by atoms with E-state index in [0.29, 0.717) is 18.0 Å². The van der Waals surface area contributed by atoms with E-state index in [1.807, 2.05) is 0 Å². The first-order chi connectivity index (χ1) is 7.25. The lowest BCUT2D eigenvalue weighted by atomic mass is 9.92. The van der Waals surface area contributed by atoms with E-state index in [9.17, 15) is 9.90 Å². The van der Waals surface area contributed by atoms with Crippen molar-refractivity contribution in [2.75, 3.05) is 11.5 Å². The van der Waals surface area contributed by atoms with E-state index >= 15 is 0 Å². The van der Waals surface area contributed by atoms with Gasteiger partial charge in [0.15, 0.2) is 0 Å². The van der Waals surface area contributed by atoms with Gasteiger partial charge >= 0.3 is 0 Å². The average molecular weight is 228 g/mol. The van der Waals surface area contributed by atoms with Gasteiger partial charge < -0.3 is 5.11 Å². The molecule has 0 aromatic carbocycles. The lowest BCUT2D eigenvalue weighted by Crippen LogP contribution is -2.21. The van der Waals surface area contributed by atoms with Crippen LogP contribution in [-0.2, 0) is 4.79 Å². The molecule has 0 spiro atoms. The maximum atomic E-state index is 11.4. The third-order valence-electron chi connectivity index (χ3n) is 3.66. The molecule has 0 bridgehead atoms. The normalized spacial score (nSPS) is 29.9. The first kappa shape index (κ1) is 11.5. The molecule has 86 valence electrons. The van der Waals surface area contributed by atoms with Gasteiger partial charge in [0.25, 0.3) is 0 Å². The highest BCUT2D eigenvalue weighted by Gasteiger charge is 2.28. The maximum Gasteiger partial charge on any atom is 0.146 e. The van der Waals surface area contributed by atoms with Crippen molar-refractivity contribution < 1.29 is 9.90 Å². The van der Waals surface area contributed by atoms with Crippen molar-refractivity contribution >= 4 is 17.5 Å². The third kappa shape index (κ3) is 3.22. The molecule has 1 saturated heterocycles. The van der Waals surface area contributed by atoms with Crippen LogP contribution >= 0.6 is 11.8 Å². The summed E-state index contributed by atoms with van der Waals surface area (Å²) in [5.74, 6) is 2.82. The monoisotopic (exact) mass is 228 g/mol. The van der Waals surface area contributed by atoms with Gasteiger partial charge in [-0.25, -0.2) is 0 Å². The number of carbonyl (C=O) groups excluding carboxylic acids is 1. The highest BCUT2D eigenvalue weighted by atomic mass is 32.2. The minimum absolute atomic E-state index is 0.145. The summed E-state index contributed by atoms with van der Waals surface area (Å²) in [6, 6.07) is 0. The summed E-state index contributed by atoms with van der Waals surface area (Å²) < 4.78 is 0. The number of thioether (sulfide) groups is 1. The van der Waals surface area contributed by atoms with Crippen LogP contribution in [0, 0.1) is 11.8 Å². The van der Waals surface area contributed by atoms with Crippen molar-refractivity contribution in [3.63, 3.8) is 0 Å². The molecule has 0 radical (unpaired) electrons. The molecular weight excluding hydrogens is 208 g/mol. The van der Waals surface area contributed by atoms with Crippen LogP contribution in [0.3, 0.4) is 0 Å². The van der Waals surface area contributed by atoms with Crippen molar-refractivity contribution in [3.05, 3.63) is 0 Å². The van der Waals surface area contributed by atoms with E-state index in [4.69, 9.17) is 0 Å². The Morgan fingerprint density at radius 3 is 2.67 bits per heavy atom. The summed E-state index contributed by atoms with van der Waals surface area (Å²) in [6.07, 6.45) is 6.62. The molecule has 1 aliphatic carbocycles. The number of ketones is 1. The first-order valence-corrected chi connectivity index (χ1v) is 7.19. The molecule has 1 heterocycles. The van der Waals surface area contributed by atoms with E-state index in [-0.39, 0.29) is 12.0 Å². The largest absolute Gasteiger partial charge is 0.393 e. The van der Waals surface area contributed by atoms with Crippen LogP contribution in [-0.4, -0.2) is 28.5 Å². The molecule has 2 unspecified atom stereocenters. The van der Waals surface area contributed by atoms with Crippen molar-refractivity contribution in [1.29, 1.82) is 0 Å². The van der Waals surface area contributed by atoms with Crippen LogP contribution in [0.5, 0.6) is 0 Å². The molecule has 2 atom stereocenters. The number of aliphatic hydroxyl groups excluding tert-OH is 1. The van der Waals surface area contributed by atoms with Crippen LogP contribution < -0.4 is 0 Å². The summed E-state index contributed by atoms with van der Waals surface area (Å²) in [5.41, 5.74) is 0. The quantitative estimate of drug-likeness (QED) is 0.802. The topological polar surface area (TPSA) is 37.3 Å². The van der Waals surface area contributed by atoms with Crippen molar-refractivity contribution in [3.8, 4) is 0 Å². The number of hydrogen-bond acceptors (Lipinski definition) is 3. The van der Waals surface area contributed by atoms with E-state index < -0.39 is 0 Å². The summed E-state index contributed by atoms with van der Waals surface area (Å²) in [4.78, 5) is 11.4. The minimum Gasteiger partial charge on any atom is -0.393 e. The molecule has 3 heteroatoms. The summed E-state index contributed by atoms with van der Waals surface area (Å²) in [7, 11) is 0. The third-order valence-corrected chi connectivity index (χ3v) is 4.78.